The summed E-state index contributed by atoms with van der Waals surface area (Å²) in [5.74, 6) is 3.49. The summed E-state index contributed by atoms with van der Waals surface area (Å²) >= 11 is 0. The second-order valence-electron chi connectivity index (χ2n) is 7.70. The molecule has 1 fully saturated rings. The molecule has 146 valence electrons. The summed E-state index contributed by atoms with van der Waals surface area (Å²) in [6.45, 7) is 13.4. The van der Waals surface area contributed by atoms with E-state index in [0.29, 0.717) is 12.4 Å². The van der Waals surface area contributed by atoms with E-state index in [1.165, 1.54) is 0 Å². The molecule has 0 saturated carbocycles. The molecule has 0 aliphatic carbocycles. The number of nitrogens with zero attached hydrogens (tertiary/aromatic N) is 5. The predicted molar refractivity (Wildman–Crippen MR) is 108 cm³/mol. The van der Waals surface area contributed by atoms with Gasteiger partial charge in [0.25, 0.3) is 0 Å². The highest BCUT2D eigenvalue weighted by Crippen LogP contribution is 2.22. The topological polar surface area (TPSA) is 69.8 Å². The van der Waals surface area contributed by atoms with E-state index in [9.17, 15) is 0 Å². The molecule has 0 amide bonds. The monoisotopic (exact) mass is 370 g/mol. The van der Waals surface area contributed by atoms with Crippen LogP contribution in [0.3, 0.4) is 0 Å². The fourth-order valence-electron chi connectivity index (χ4n) is 2.99. The van der Waals surface area contributed by atoms with Gasteiger partial charge in [-0.1, -0.05) is 26.8 Å². The number of aromatic nitrogens is 2. The summed E-state index contributed by atoms with van der Waals surface area (Å²) in [7, 11) is 0. The Hall–Kier alpha value is -2.57. The number of piperazine rings is 1. The van der Waals surface area contributed by atoms with Gasteiger partial charge in [-0.05, 0) is 19.1 Å². The zero-order chi connectivity index (χ0) is 19.3. The van der Waals surface area contributed by atoms with Crippen molar-refractivity contribution < 1.29 is 4.42 Å². The van der Waals surface area contributed by atoms with Crippen molar-refractivity contribution in [1.82, 2.24) is 20.2 Å². The SMILES string of the molecule is CCNC(=NCc1ncc(C(C)(C)C)o1)N1CCN(c2ccccn2)CC1. The van der Waals surface area contributed by atoms with Gasteiger partial charge in [-0.2, -0.15) is 0 Å². The maximum atomic E-state index is 5.86. The molecule has 27 heavy (non-hydrogen) atoms. The van der Waals surface area contributed by atoms with Gasteiger partial charge in [-0.15, -0.1) is 0 Å². The highest BCUT2D eigenvalue weighted by Gasteiger charge is 2.21. The number of pyridine rings is 1. The lowest BCUT2D eigenvalue weighted by Gasteiger charge is -2.37. The van der Waals surface area contributed by atoms with E-state index in [4.69, 9.17) is 9.41 Å². The van der Waals surface area contributed by atoms with Crippen LogP contribution >= 0.6 is 0 Å². The van der Waals surface area contributed by atoms with Crippen molar-refractivity contribution >= 4 is 11.8 Å². The van der Waals surface area contributed by atoms with Gasteiger partial charge in [0.1, 0.15) is 18.1 Å². The minimum atomic E-state index is -0.0404. The molecule has 7 heteroatoms. The summed E-state index contributed by atoms with van der Waals surface area (Å²) in [4.78, 5) is 18.2. The van der Waals surface area contributed by atoms with E-state index in [1.807, 2.05) is 24.5 Å². The number of guanidine groups is 1. The molecule has 0 unspecified atom stereocenters. The minimum absolute atomic E-state index is 0.0404. The van der Waals surface area contributed by atoms with Gasteiger partial charge < -0.3 is 19.5 Å². The summed E-state index contributed by atoms with van der Waals surface area (Å²) in [5, 5.41) is 3.39. The van der Waals surface area contributed by atoms with E-state index in [-0.39, 0.29) is 5.41 Å². The average molecular weight is 371 g/mol. The molecule has 3 rings (SSSR count). The molecule has 0 bridgehead atoms. The Bertz CT molecular complexity index is 741. The van der Waals surface area contributed by atoms with Crippen LogP contribution in [0.2, 0.25) is 0 Å². The van der Waals surface area contributed by atoms with Crippen molar-refractivity contribution in [3.63, 3.8) is 0 Å². The van der Waals surface area contributed by atoms with Crippen LogP contribution < -0.4 is 10.2 Å². The Morgan fingerprint density at radius 2 is 1.96 bits per heavy atom. The van der Waals surface area contributed by atoms with Crippen molar-refractivity contribution in [2.45, 2.75) is 39.7 Å². The van der Waals surface area contributed by atoms with E-state index in [2.05, 4.69) is 58.8 Å². The number of nitrogens with one attached hydrogen (secondary N) is 1. The van der Waals surface area contributed by atoms with Gasteiger partial charge >= 0.3 is 0 Å². The standard InChI is InChI=1S/C20H30N6O/c1-5-21-19(24-15-18-23-14-16(27-18)20(2,3)4)26-12-10-25(11-13-26)17-8-6-7-9-22-17/h6-9,14H,5,10-13,15H2,1-4H3,(H,21,24). The molecule has 0 atom stereocenters. The van der Waals surface area contributed by atoms with Gasteiger partial charge in [0.15, 0.2) is 5.96 Å². The summed E-state index contributed by atoms with van der Waals surface area (Å²) in [6.07, 6.45) is 3.65. The molecule has 1 N–H and O–H groups in total. The minimum Gasteiger partial charge on any atom is -0.443 e. The third-order valence-corrected chi connectivity index (χ3v) is 4.54. The van der Waals surface area contributed by atoms with E-state index < -0.39 is 0 Å². The third kappa shape index (κ3) is 4.99. The number of aliphatic imine (C=N–C) groups is 1. The van der Waals surface area contributed by atoms with Crippen LogP contribution in [-0.4, -0.2) is 53.6 Å². The van der Waals surface area contributed by atoms with Gasteiger partial charge in [-0.3, -0.25) is 0 Å². The van der Waals surface area contributed by atoms with Gasteiger partial charge in [0, 0.05) is 44.3 Å². The number of anilines is 1. The van der Waals surface area contributed by atoms with Crippen LogP contribution in [0, 0.1) is 0 Å². The van der Waals surface area contributed by atoms with Gasteiger partial charge in [0.05, 0.1) is 6.20 Å². The van der Waals surface area contributed by atoms with Crippen LogP contribution in [0.4, 0.5) is 5.82 Å². The number of hydrogen-bond acceptors (Lipinski definition) is 5. The van der Waals surface area contributed by atoms with Crippen molar-refractivity contribution in [1.29, 1.82) is 0 Å². The second kappa shape index (κ2) is 8.41. The molecular weight excluding hydrogens is 340 g/mol. The lowest BCUT2D eigenvalue weighted by atomic mass is 9.94. The molecule has 1 aliphatic heterocycles. The molecule has 3 heterocycles. The Morgan fingerprint density at radius 3 is 2.56 bits per heavy atom. The Labute approximate surface area is 161 Å². The van der Waals surface area contributed by atoms with Crippen molar-refractivity contribution in [3.8, 4) is 0 Å². The molecule has 0 aromatic carbocycles. The predicted octanol–water partition coefficient (Wildman–Crippen LogP) is 2.65. The highest BCUT2D eigenvalue weighted by molar-refractivity contribution is 5.80. The average Bonchev–Trinajstić information content (AvgIpc) is 3.16. The van der Waals surface area contributed by atoms with E-state index in [0.717, 1.165) is 50.3 Å². The fraction of sp³-hybridized carbons (Fsp3) is 0.550. The Morgan fingerprint density at radius 1 is 1.19 bits per heavy atom. The quantitative estimate of drug-likeness (QED) is 0.659. The molecule has 0 radical (unpaired) electrons. The van der Waals surface area contributed by atoms with Crippen molar-refractivity contribution in [2.75, 3.05) is 37.6 Å². The molecule has 0 spiro atoms. The first kappa shape index (κ1) is 19.2. The second-order valence-corrected chi connectivity index (χ2v) is 7.70. The largest absolute Gasteiger partial charge is 0.443 e. The maximum Gasteiger partial charge on any atom is 0.216 e. The molecule has 7 nitrogen and oxygen atoms in total. The highest BCUT2D eigenvalue weighted by atomic mass is 16.4. The summed E-state index contributed by atoms with van der Waals surface area (Å²) < 4.78 is 5.86. The maximum absolute atomic E-state index is 5.86. The van der Waals surface area contributed by atoms with Crippen LogP contribution in [-0.2, 0) is 12.0 Å². The first-order chi connectivity index (χ1) is 13.0. The zero-order valence-corrected chi connectivity index (χ0v) is 16.8. The summed E-state index contributed by atoms with van der Waals surface area (Å²) in [6, 6.07) is 6.04. The lowest BCUT2D eigenvalue weighted by Crippen LogP contribution is -2.52. The van der Waals surface area contributed by atoms with E-state index >= 15 is 0 Å². The molecule has 2 aromatic rings. The van der Waals surface area contributed by atoms with Crippen LogP contribution in [0.25, 0.3) is 0 Å². The fourth-order valence-corrected chi connectivity index (χ4v) is 2.99. The number of hydrogen-bond donors (Lipinski definition) is 1. The van der Waals surface area contributed by atoms with Crippen LogP contribution in [0.15, 0.2) is 40.0 Å². The lowest BCUT2D eigenvalue weighted by molar-refractivity contribution is 0.366. The molecular formula is C20H30N6O. The van der Waals surface area contributed by atoms with Gasteiger partial charge in [0.2, 0.25) is 5.89 Å². The Balaban J connectivity index is 1.62. The van der Waals surface area contributed by atoms with E-state index in [1.54, 1.807) is 0 Å². The summed E-state index contributed by atoms with van der Waals surface area (Å²) in [5.41, 5.74) is -0.0404. The molecule has 1 aliphatic rings. The number of rotatable bonds is 4. The van der Waals surface area contributed by atoms with Crippen molar-refractivity contribution in [2.24, 2.45) is 4.99 Å². The van der Waals surface area contributed by atoms with Crippen LogP contribution in [0.1, 0.15) is 39.3 Å². The van der Waals surface area contributed by atoms with Crippen molar-refractivity contribution in [3.05, 3.63) is 42.2 Å². The smallest absolute Gasteiger partial charge is 0.216 e. The van der Waals surface area contributed by atoms with Crippen LogP contribution in [0.5, 0.6) is 0 Å². The zero-order valence-electron chi connectivity index (χ0n) is 16.8. The normalized spacial score (nSPS) is 15.9. The first-order valence-electron chi connectivity index (χ1n) is 9.62. The Kier molecular flexibility index (Phi) is 5.98. The number of oxazole rings is 1. The van der Waals surface area contributed by atoms with Gasteiger partial charge in [-0.25, -0.2) is 15.0 Å². The molecule has 1 saturated heterocycles. The third-order valence-electron chi connectivity index (χ3n) is 4.54. The molecule has 2 aromatic heterocycles. The first-order valence-corrected chi connectivity index (χ1v) is 9.62.